The molecule has 0 radical (unpaired) electrons. The Hall–Kier alpha value is -2.80. The second kappa shape index (κ2) is 7.40. The van der Waals surface area contributed by atoms with Crippen molar-refractivity contribution in [2.45, 2.75) is 6.92 Å². The molecule has 0 saturated carbocycles. The Labute approximate surface area is 147 Å². The maximum Gasteiger partial charge on any atom is 0.257 e. The maximum absolute atomic E-state index is 13.3. The molecular weight excluding hydrogens is 346 g/mol. The van der Waals surface area contributed by atoms with Gasteiger partial charge in [0.25, 0.3) is 5.91 Å². The Bertz CT molecular complexity index is 894. The third-order valence-electron chi connectivity index (χ3n) is 3.37. The number of nitrogens with zero attached hydrogens (tertiary/aromatic N) is 1. The number of benzene rings is 2. The molecule has 0 aliphatic carbocycles. The molecule has 0 saturated heterocycles. The Balaban J connectivity index is 1.72. The first-order valence-electron chi connectivity index (χ1n) is 7.52. The predicted molar refractivity (Wildman–Crippen MR) is 93.0 cm³/mol. The number of anilines is 1. The molecule has 0 spiro atoms. The van der Waals surface area contributed by atoms with Gasteiger partial charge in [-0.15, -0.1) is 11.3 Å². The van der Waals surface area contributed by atoms with Gasteiger partial charge < -0.3 is 4.74 Å². The first kappa shape index (κ1) is 17.0. The van der Waals surface area contributed by atoms with E-state index in [-0.39, 0.29) is 5.91 Å². The van der Waals surface area contributed by atoms with Gasteiger partial charge in [0.2, 0.25) is 0 Å². The number of carbonyl (C=O) groups excluding carboxylic acids is 1. The molecule has 0 atom stereocenters. The average Bonchev–Trinajstić information content (AvgIpc) is 3.07. The Morgan fingerprint density at radius 2 is 1.92 bits per heavy atom. The van der Waals surface area contributed by atoms with Crippen LogP contribution in [0.4, 0.5) is 13.9 Å². The van der Waals surface area contributed by atoms with E-state index in [0.717, 1.165) is 12.1 Å². The van der Waals surface area contributed by atoms with Crippen molar-refractivity contribution in [1.82, 2.24) is 4.98 Å². The molecule has 0 fully saturated rings. The van der Waals surface area contributed by atoms with Crippen LogP contribution in [0.1, 0.15) is 17.3 Å². The summed E-state index contributed by atoms with van der Waals surface area (Å²) < 4.78 is 31.6. The molecule has 1 heterocycles. The van der Waals surface area contributed by atoms with Crippen LogP contribution in [0.2, 0.25) is 0 Å². The Morgan fingerprint density at radius 3 is 2.60 bits per heavy atom. The SMILES string of the molecule is CCOc1ccc(C(=O)Nc2nc(-c3ccc(F)c(F)c3)cs2)cc1. The molecule has 0 aliphatic rings. The molecule has 128 valence electrons. The Morgan fingerprint density at radius 1 is 1.16 bits per heavy atom. The van der Waals surface area contributed by atoms with Gasteiger partial charge in [0, 0.05) is 16.5 Å². The lowest BCUT2D eigenvalue weighted by molar-refractivity contribution is 0.102. The molecule has 3 rings (SSSR count). The van der Waals surface area contributed by atoms with Crippen molar-refractivity contribution in [1.29, 1.82) is 0 Å². The topological polar surface area (TPSA) is 51.2 Å². The fourth-order valence-electron chi connectivity index (χ4n) is 2.16. The average molecular weight is 360 g/mol. The standard InChI is InChI=1S/C18H14F2N2O2S/c1-2-24-13-6-3-11(4-7-13)17(23)22-18-21-16(10-25-18)12-5-8-14(19)15(20)9-12/h3-10H,2H2,1H3,(H,21,22,23). The van der Waals surface area contributed by atoms with Crippen molar-refractivity contribution in [2.24, 2.45) is 0 Å². The van der Waals surface area contributed by atoms with Gasteiger partial charge in [-0.3, -0.25) is 10.1 Å². The Kier molecular flexibility index (Phi) is 5.04. The molecule has 3 aromatic rings. The molecule has 7 heteroatoms. The van der Waals surface area contributed by atoms with E-state index in [1.165, 1.54) is 17.4 Å². The van der Waals surface area contributed by atoms with Crippen LogP contribution in [-0.2, 0) is 0 Å². The summed E-state index contributed by atoms with van der Waals surface area (Å²) in [5.41, 5.74) is 1.37. The fraction of sp³-hybridized carbons (Fsp3) is 0.111. The van der Waals surface area contributed by atoms with E-state index in [9.17, 15) is 13.6 Å². The highest BCUT2D eigenvalue weighted by Gasteiger charge is 2.11. The molecule has 25 heavy (non-hydrogen) atoms. The minimum atomic E-state index is -0.939. The molecule has 1 N–H and O–H groups in total. The lowest BCUT2D eigenvalue weighted by atomic mass is 10.2. The smallest absolute Gasteiger partial charge is 0.257 e. The number of amides is 1. The first-order valence-corrected chi connectivity index (χ1v) is 8.40. The first-order chi connectivity index (χ1) is 12.1. The number of rotatable bonds is 5. The van der Waals surface area contributed by atoms with Crippen molar-refractivity contribution in [3.63, 3.8) is 0 Å². The van der Waals surface area contributed by atoms with Crippen LogP contribution in [0.25, 0.3) is 11.3 Å². The summed E-state index contributed by atoms with van der Waals surface area (Å²) in [6, 6.07) is 10.3. The largest absolute Gasteiger partial charge is 0.494 e. The number of carbonyl (C=O) groups is 1. The van der Waals surface area contributed by atoms with Crippen molar-refractivity contribution in [2.75, 3.05) is 11.9 Å². The van der Waals surface area contributed by atoms with Crippen molar-refractivity contribution in [3.8, 4) is 17.0 Å². The minimum Gasteiger partial charge on any atom is -0.494 e. The maximum atomic E-state index is 13.3. The highest BCUT2D eigenvalue weighted by Crippen LogP contribution is 2.26. The van der Waals surface area contributed by atoms with E-state index < -0.39 is 11.6 Å². The lowest BCUT2D eigenvalue weighted by Gasteiger charge is -2.05. The molecule has 0 bridgehead atoms. The van der Waals surface area contributed by atoms with Crippen molar-refractivity contribution >= 4 is 22.4 Å². The normalized spacial score (nSPS) is 10.5. The quantitative estimate of drug-likeness (QED) is 0.715. The number of thiazole rings is 1. The van der Waals surface area contributed by atoms with E-state index >= 15 is 0 Å². The summed E-state index contributed by atoms with van der Waals surface area (Å²) in [7, 11) is 0. The lowest BCUT2D eigenvalue weighted by Crippen LogP contribution is -2.11. The number of ether oxygens (including phenoxy) is 1. The molecule has 4 nitrogen and oxygen atoms in total. The van der Waals surface area contributed by atoms with Gasteiger partial charge >= 0.3 is 0 Å². The number of hydrogen-bond acceptors (Lipinski definition) is 4. The zero-order valence-corrected chi connectivity index (χ0v) is 14.1. The molecule has 1 aromatic heterocycles. The van der Waals surface area contributed by atoms with E-state index in [0.29, 0.717) is 34.3 Å². The second-order valence-electron chi connectivity index (χ2n) is 5.08. The van der Waals surface area contributed by atoms with E-state index in [2.05, 4.69) is 10.3 Å². The second-order valence-corrected chi connectivity index (χ2v) is 5.94. The monoisotopic (exact) mass is 360 g/mol. The molecule has 0 unspecified atom stereocenters. The van der Waals surface area contributed by atoms with Crippen molar-refractivity contribution in [3.05, 3.63) is 65.0 Å². The van der Waals surface area contributed by atoms with Crippen LogP contribution in [0, 0.1) is 11.6 Å². The summed E-state index contributed by atoms with van der Waals surface area (Å²) in [5.74, 6) is -1.48. The highest BCUT2D eigenvalue weighted by molar-refractivity contribution is 7.14. The zero-order chi connectivity index (χ0) is 17.8. The van der Waals surface area contributed by atoms with Crippen LogP contribution in [0.5, 0.6) is 5.75 Å². The minimum absolute atomic E-state index is 0.311. The van der Waals surface area contributed by atoms with Crippen LogP contribution >= 0.6 is 11.3 Å². The number of aromatic nitrogens is 1. The van der Waals surface area contributed by atoms with Crippen LogP contribution in [0.3, 0.4) is 0 Å². The van der Waals surface area contributed by atoms with Crippen LogP contribution < -0.4 is 10.1 Å². The van der Waals surface area contributed by atoms with E-state index in [4.69, 9.17) is 4.74 Å². The van der Waals surface area contributed by atoms with Gasteiger partial charge in [0.1, 0.15) is 5.75 Å². The van der Waals surface area contributed by atoms with Gasteiger partial charge in [-0.1, -0.05) is 0 Å². The summed E-state index contributed by atoms with van der Waals surface area (Å²) in [6.07, 6.45) is 0. The van der Waals surface area contributed by atoms with E-state index in [1.54, 1.807) is 29.6 Å². The van der Waals surface area contributed by atoms with Crippen molar-refractivity contribution < 1.29 is 18.3 Å². The third kappa shape index (κ3) is 4.00. The predicted octanol–water partition coefficient (Wildman–Crippen LogP) is 4.74. The van der Waals surface area contributed by atoms with Gasteiger partial charge in [-0.05, 0) is 49.4 Å². The number of nitrogens with one attached hydrogen (secondary N) is 1. The summed E-state index contributed by atoms with van der Waals surface area (Å²) in [6.45, 7) is 2.44. The third-order valence-corrected chi connectivity index (χ3v) is 4.13. The van der Waals surface area contributed by atoms with Gasteiger partial charge in [-0.25, -0.2) is 13.8 Å². The number of halogens is 2. The molecule has 1 amide bonds. The van der Waals surface area contributed by atoms with Gasteiger partial charge in [0.05, 0.1) is 12.3 Å². The van der Waals surface area contributed by atoms with E-state index in [1.807, 2.05) is 6.92 Å². The molecular formula is C18H14F2N2O2S. The summed E-state index contributed by atoms with van der Waals surface area (Å²) in [4.78, 5) is 16.5. The number of hydrogen-bond donors (Lipinski definition) is 1. The summed E-state index contributed by atoms with van der Waals surface area (Å²) >= 11 is 1.20. The fourth-order valence-corrected chi connectivity index (χ4v) is 2.87. The van der Waals surface area contributed by atoms with Crippen LogP contribution in [0.15, 0.2) is 47.8 Å². The zero-order valence-electron chi connectivity index (χ0n) is 13.3. The molecule has 0 aliphatic heterocycles. The highest BCUT2D eigenvalue weighted by atomic mass is 32.1. The molecule has 2 aromatic carbocycles. The van der Waals surface area contributed by atoms with Gasteiger partial charge in [-0.2, -0.15) is 0 Å². The van der Waals surface area contributed by atoms with Gasteiger partial charge in [0.15, 0.2) is 16.8 Å². The van der Waals surface area contributed by atoms with Crippen LogP contribution in [-0.4, -0.2) is 17.5 Å². The summed E-state index contributed by atoms with van der Waals surface area (Å²) in [5, 5.41) is 4.73.